The minimum Gasteiger partial charge on any atom is -0.374 e. The smallest absolute Gasteiger partial charge is 0.228 e. The van der Waals surface area contributed by atoms with Crippen LogP contribution in [0.4, 0.5) is 0 Å². The fraction of sp³-hybridized carbons (Fsp3) is 0.579. The molecule has 3 fully saturated rings. The van der Waals surface area contributed by atoms with Crippen molar-refractivity contribution < 1.29 is 14.3 Å². The highest BCUT2D eigenvalue weighted by Gasteiger charge is 2.43. The van der Waals surface area contributed by atoms with Crippen molar-refractivity contribution in [3.8, 4) is 0 Å². The molecule has 0 unspecified atom stereocenters. The molecule has 1 aromatic carbocycles. The van der Waals surface area contributed by atoms with Crippen LogP contribution in [0.5, 0.6) is 0 Å². The van der Waals surface area contributed by atoms with Gasteiger partial charge in [0.15, 0.2) is 0 Å². The van der Waals surface area contributed by atoms with Crippen molar-refractivity contribution in [2.24, 2.45) is 5.92 Å². The number of nitrogens with zero attached hydrogens (tertiary/aromatic N) is 2. The van der Waals surface area contributed by atoms with E-state index in [1.54, 1.807) is 0 Å². The zero-order valence-corrected chi connectivity index (χ0v) is 13.9. The summed E-state index contributed by atoms with van der Waals surface area (Å²) < 4.78 is 5.79. The average Bonchev–Trinajstić information content (AvgIpc) is 3.22. The summed E-state index contributed by atoms with van der Waals surface area (Å²) in [6.07, 6.45) is 3.77. The van der Waals surface area contributed by atoms with Crippen molar-refractivity contribution in [2.45, 2.75) is 44.4 Å². The molecule has 0 spiro atoms. The van der Waals surface area contributed by atoms with E-state index in [1.807, 2.05) is 40.1 Å². The number of rotatable bonds is 3. The van der Waals surface area contributed by atoms with Gasteiger partial charge in [0, 0.05) is 26.1 Å². The number of likely N-dealkylation sites (tertiary alicyclic amines) is 1. The van der Waals surface area contributed by atoms with Gasteiger partial charge in [0.05, 0.1) is 24.7 Å². The highest BCUT2D eigenvalue weighted by molar-refractivity contribution is 5.89. The van der Waals surface area contributed by atoms with Crippen LogP contribution in [0.2, 0.25) is 0 Å². The Kier molecular flexibility index (Phi) is 4.27. The van der Waals surface area contributed by atoms with E-state index in [-0.39, 0.29) is 29.9 Å². The highest BCUT2D eigenvalue weighted by atomic mass is 16.5. The maximum Gasteiger partial charge on any atom is 0.228 e. The van der Waals surface area contributed by atoms with E-state index >= 15 is 0 Å². The molecule has 4 rings (SSSR count). The molecule has 128 valence electrons. The first-order valence-corrected chi connectivity index (χ1v) is 8.96. The number of hydrogen-bond donors (Lipinski definition) is 0. The van der Waals surface area contributed by atoms with Crippen LogP contribution in [-0.2, 0) is 20.9 Å². The van der Waals surface area contributed by atoms with Gasteiger partial charge in [-0.2, -0.15) is 0 Å². The van der Waals surface area contributed by atoms with E-state index in [1.165, 1.54) is 0 Å². The van der Waals surface area contributed by atoms with Crippen molar-refractivity contribution in [3.63, 3.8) is 0 Å². The second-order valence-electron chi connectivity index (χ2n) is 7.10. The third kappa shape index (κ3) is 2.93. The molecule has 24 heavy (non-hydrogen) atoms. The molecule has 2 amide bonds. The molecule has 5 heteroatoms. The van der Waals surface area contributed by atoms with Gasteiger partial charge in [-0.3, -0.25) is 9.59 Å². The fourth-order valence-corrected chi connectivity index (χ4v) is 4.33. The van der Waals surface area contributed by atoms with Crippen molar-refractivity contribution in [1.82, 2.24) is 9.80 Å². The Morgan fingerprint density at radius 1 is 1.21 bits per heavy atom. The average molecular weight is 328 g/mol. The molecular formula is C19H24N2O3. The van der Waals surface area contributed by atoms with Crippen LogP contribution in [0, 0.1) is 5.92 Å². The molecule has 0 N–H and O–H groups in total. The Labute approximate surface area is 142 Å². The van der Waals surface area contributed by atoms with Crippen LogP contribution in [0.25, 0.3) is 0 Å². The van der Waals surface area contributed by atoms with Gasteiger partial charge < -0.3 is 14.5 Å². The Bertz CT molecular complexity index is 618. The van der Waals surface area contributed by atoms with Crippen LogP contribution in [0.3, 0.4) is 0 Å². The molecule has 1 aliphatic carbocycles. The van der Waals surface area contributed by atoms with Crippen molar-refractivity contribution >= 4 is 11.8 Å². The molecule has 1 saturated carbocycles. The Morgan fingerprint density at radius 2 is 2.04 bits per heavy atom. The van der Waals surface area contributed by atoms with Gasteiger partial charge in [-0.15, -0.1) is 0 Å². The molecule has 0 bridgehead atoms. The normalized spacial score (nSPS) is 29.8. The minimum absolute atomic E-state index is 0.0911. The monoisotopic (exact) mass is 328 g/mol. The van der Waals surface area contributed by atoms with Crippen LogP contribution >= 0.6 is 0 Å². The molecule has 2 aliphatic heterocycles. The summed E-state index contributed by atoms with van der Waals surface area (Å²) in [7, 11) is 0. The molecule has 0 aromatic heterocycles. The maximum atomic E-state index is 13.0. The zero-order valence-electron chi connectivity index (χ0n) is 13.9. The Morgan fingerprint density at radius 3 is 2.88 bits per heavy atom. The Balaban J connectivity index is 1.41. The summed E-state index contributed by atoms with van der Waals surface area (Å²) in [6, 6.07) is 10.2. The molecule has 2 saturated heterocycles. The standard InChI is InChI=1S/C19H24N2O3/c22-18-11-15(13-20(18)12-14-5-2-1-3-6-14)19(23)21-9-10-24-17-8-4-7-16(17)21/h1-3,5-6,15-17H,4,7-13H2/t15-,16+,17-/m0/s1. The van der Waals surface area contributed by atoms with E-state index in [0.717, 1.165) is 24.8 Å². The van der Waals surface area contributed by atoms with Gasteiger partial charge in [0.1, 0.15) is 0 Å². The fourth-order valence-electron chi connectivity index (χ4n) is 4.33. The van der Waals surface area contributed by atoms with Gasteiger partial charge in [-0.25, -0.2) is 0 Å². The van der Waals surface area contributed by atoms with Gasteiger partial charge in [0.2, 0.25) is 11.8 Å². The number of benzene rings is 1. The van der Waals surface area contributed by atoms with Gasteiger partial charge in [-0.05, 0) is 24.8 Å². The maximum absolute atomic E-state index is 13.0. The van der Waals surface area contributed by atoms with Crippen LogP contribution in [-0.4, -0.2) is 53.5 Å². The first-order chi connectivity index (χ1) is 11.7. The first-order valence-electron chi connectivity index (χ1n) is 8.96. The van der Waals surface area contributed by atoms with Gasteiger partial charge in [0.25, 0.3) is 0 Å². The minimum atomic E-state index is -0.194. The SMILES string of the molecule is O=C1C[C@H](C(=O)N2CCO[C@H]3CCC[C@H]32)CN1Cc1ccccc1. The quantitative estimate of drug-likeness (QED) is 0.850. The van der Waals surface area contributed by atoms with E-state index < -0.39 is 0 Å². The van der Waals surface area contributed by atoms with Crippen LogP contribution < -0.4 is 0 Å². The summed E-state index contributed by atoms with van der Waals surface area (Å²) >= 11 is 0. The Hall–Kier alpha value is -1.88. The number of carbonyl (C=O) groups is 2. The number of fused-ring (bicyclic) bond motifs is 1. The molecular weight excluding hydrogens is 304 g/mol. The molecule has 3 atom stereocenters. The summed E-state index contributed by atoms with van der Waals surface area (Å²) in [5.74, 6) is 0.0492. The first kappa shape index (κ1) is 15.6. The lowest BCUT2D eigenvalue weighted by Crippen LogP contribution is -2.53. The summed E-state index contributed by atoms with van der Waals surface area (Å²) in [5.41, 5.74) is 1.11. The summed E-state index contributed by atoms with van der Waals surface area (Å²) in [4.78, 5) is 29.1. The molecule has 0 radical (unpaired) electrons. The number of hydrogen-bond acceptors (Lipinski definition) is 3. The van der Waals surface area contributed by atoms with Crippen molar-refractivity contribution in [3.05, 3.63) is 35.9 Å². The lowest BCUT2D eigenvalue weighted by molar-refractivity contribution is -0.148. The van der Waals surface area contributed by atoms with E-state index in [9.17, 15) is 9.59 Å². The zero-order chi connectivity index (χ0) is 16.5. The van der Waals surface area contributed by atoms with Crippen LogP contribution in [0.1, 0.15) is 31.2 Å². The van der Waals surface area contributed by atoms with E-state index in [2.05, 4.69) is 0 Å². The van der Waals surface area contributed by atoms with E-state index in [4.69, 9.17) is 4.74 Å². The molecule has 1 aromatic rings. The van der Waals surface area contributed by atoms with E-state index in [0.29, 0.717) is 32.7 Å². The second-order valence-corrected chi connectivity index (χ2v) is 7.10. The van der Waals surface area contributed by atoms with Crippen LogP contribution in [0.15, 0.2) is 30.3 Å². The second kappa shape index (κ2) is 6.55. The third-order valence-corrected chi connectivity index (χ3v) is 5.55. The molecule has 5 nitrogen and oxygen atoms in total. The third-order valence-electron chi connectivity index (χ3n) is 5.55. The number of ether oxygens (including phenoxy) is 1. The predicted molar refractivity (Wildman–Crippen MR) is 89.1 cm³/mol. The highest BCUT2D eigenvalue weighted by Crippen LogP contribution is 2.32. The lowest BCUT2D eigenvalue weighted by atomic mass is 10.0. The predicted octanol–water partition coefficient (Wildman–Crippen LogP) is 1.81. The number of amides is 2. The summed E-state index contributed by atoms with van der Waals surface area (Å²) in [5, 5.41) is 0. The lowest BCUT2D eigenvalue weighted by Gasteiger charge is -2.38. The van der Waals surface area contributed by atoms with Gasteiger partial charge in [-0.1, -0.05) is 30.3 Å². The molecule has 2 heterocycles. The largest absolute Gasteiger partial charge is 0.374 e. The topological polar surface area (TPSA) is 49.9 Å². The van der Waals surface area contributed by atoms with Gasteiger partial charge >= 0.3 is 0 Å². The van der Waals surface area contributed by atoms with Crippen molar-refractivity contribution in [2.75, 3.05) is 19.7 Å². The van der Waals surface area contributed by atoms with Crippen molar-refractivity contribution in [1.29, 1.82) is 0 Å². The summed E-state index contributed by atoms with van der Waals surface area (Å²) in [6.45, 7) is 2.44. The number of morpholine rings is 1. The number of carbonyl (C=O) groups excluding carboxylic acids is 2. The molecule has 3 aliphatic rings.